The maximum atomic E-state index is 12.4. The van der Waals surface area contributed by atoms with Crippen LogP contribution in [0.3, 0.4) is 0 Å². The summed E-state index contributed by atoms with van der Waals surface area (Å²) in [6.07, 6.45) is 3.71. The van der Waals surface area contributed by atoms with Gasteiger partial charge in [-0.25, -0.2) is 22.0 Å². The van der Waals surface area contributed by atoms with Gasteiger partial charge >= 0.3 is 0 Å². The van der Waals surface area contributed by atoms with Crippen molar-refractivity contribution in [2.75, 3.05) is 4.72 Å². The molecule has 0 unspecified atom stereocenters. The summed E-state index contributed by atoms with van der Waals surface area (Å²) in [6, 6.07) is 7.64. The topological polar surface area (TPSA) is 106 Å². The SMILES string of the molecule is NS(=O)(=O)c1cc2c(cc1NS(=O)(=O)/C=C/c1ccc(Cl)c(Cl)c1)CCC2. The Hall–Kier alpha value is -1.58. The maximum Gasteiger partial charge on any atom is 0.255 e. The van der Waals surface area contributed by atoms with Crippen LogP contribution in [0.25, 0.3) is 6.08 Å². The highest BCUT2D eigenvalue weighted by Gasteiger charge is 2.22. The van der Waals surface area contributed by atoms with Gasteiger partial charge < -0.3 is 0 Å². The van der Waals surface area contributed by atoms with Crippen molar-refractivity contribution in [3.05, 3.63) is 62.5 Å². The van der Waals surface area contributed by atoms with Crippen LogP contribution in [0, 0.1) is 0 Å². The number of halogens is 2. The fourth-order valence-corrected chi connectivity index (χ4v) is 4.86. The van der Waals surface area contributed by atoms with Gasteiger partial charge in [0.15, 0.2) is 0 Å². The molecule has 1 aliphatic rings. The lowest BCUT2D eigenvalue weighted by Gasteiger charge is -2.12. The molecule has 0 saturated carbocycles. The summed E-state index contributed by atoms with van der Waals surface area (Å²) < 4.78 is 50.9. The predicted octanol–water partition coefficient (Wildman–Crippen LogP) is 3.54. The van der Waals surface area contributed by atoms with Crippen molar-refractivity contribution in [3.63, 3.8) is 0 Å². The molecule has 10 heteroatoms. The molecule has 0 fully saturated rings. The smallest absolute Gasteiger partial charge is 0.255 e. The first kappa shape index (κ1) is 20.2. The Kier molecular flexibility index (Phi) is 5.56. The molecule has 6 nitrogen and oxygen atoms in total. The Bertz CT molecular complexity index is 1140. The zero-order valence-electron chi connectivity index (χ0n) is 13.9. The van der Waals surface area contributed by atoms with Crippen LogP contribution in [0.15, 0.2) is 40.6 Å². The second kappa shape index (κ2) is 7.44. The molecule has 0 amide bonds. The Balaban J connectivity index is 1.93. The summed E-state index contributed by atoms with van der Waals surface area (Å²) in [5.41, 5.74) is 2.24. The van der Waals surface area contributed by atoms with Crippen molar-refractivity contribution in [1.82, 2.24) is 0 Å². The van der Waals surface area contributed by atoms with E-state index in [9.17, 15) is 16.8 Å². The minimum Gasteiger partial charge on any atom is -0.279 e. The standard InChI is InChI=1S/C17H16Cl2N2O4S2/c18-14-5-4-11(8-15(14)19)6-7-26(22,23)21-16-9-12-2-1-3-13(12)10-17(16)27(20,24)25/h4-10,21H,1-3H2,(H2,20,24,25)/b7-6+. The minimum absolute atomic E-state index is 0.0584. The van der Waals surface area contributed by atoms with Crippen LogP contribution in [0.2, 0.25) is 10.0 Å². The number of hydrogen-bond donors (Lipinski definition) is 2. The van der Waals surface area contributed by atoms with Crippen LogP contribution >= 0.6 is 23.2 Å². The number of fused-ring (bicyclic) bond motifs is 1. The molecule has 0 heterocycles. The Morgan fingerprint density at radius 1 is 0.963 bits per heavy atom. The first-order valence-corrected chi connectivity index (χ1v) is 11.7. The quantitative estimate of drug-likeness (QED) is 0.731. The van der Waals surface area contributed by atoms with Crippen molar-refractivity contribution < 1.29 is 16.8 Å². The van der Waals surface area contributed by atoms with Gasteiger partial charge in [0.25, 0.3) is 10.0 Å². The maximum absolute atomic E-state index is 12.4. The molecule has 0 aromatic heterocycles. The van der Waals surface area contributed by atoms with Gasteiger partial charge in [0.2, 0.25) is 10.0 Å². The van der Waals surface area contributed by atoms with Gasteiger partial charge in [0, 0.05) is 0 Å². The molecule has 0 aliphatic heterocycles. The van der Waals surface area contributed by atoms with Gasteiger partial charge in [-0.1, -0.05) is 29.3 Å². The predicted molar refractivity (Wildman–Crippen MR) is 108 cm³/mol. The Labute approximate surface area is 168 Å². The van der Waals surface area contributed by atoms with E-state index in [0.29, 0.717) is 15.6 Å². The molecule has 0 radical (unpaired) electrons. The molecule has 144 valence electrons. The van der Waals surface area contributed by atoms with Crippen LogP contribution in [-0.2, 0) is 32.9 Å². The Morgan fingerprint density at radius 3 is 2.26 bits per heavy atom. The van der Waals surface area contributed by atoms with Gasteiger partial charge in [0.1, 0.15) is 4.90 Å². The lowest BCUT2D eigenvalue weighted by atomic mass is 10.1. The molecule has 27 heavy (non-hydrogen) atoms. The van der Waals surface area contributed by atoms with Gasteiger partial charge in [-0.2, -0.15) is 0 Å². The number of hydrogen-bond acceptors (Lipinski definition) is 4. The molecule has 2 aromatic carbocycles. The fourth-order valence-electron chi connectivity index (χ4n) is 2.89. The molecule has 3 N–H and O–H groups in total. The highest BCUT2D eigenvalue weighted by molar-refractivity contribution is 7.95. The lowest BCUT2D eigenvalue weighted by molar-refractivity contribution is 0.598. The van der Waals surface area contributed by atoms with Crippen molar-refractivity contribution in [1.29, 1.82) is 0 Å². The van der Waals surface area contributed by atoms with E-state index in [4.69, 9.17) is 28.3 Å². The normalized spacial score (nSPS) is 14.5. The number of nitrogens with one attached hydrogen (secondary N) is 1. The van der Waals surface area contributed by atoms with Crippen LogP contribution in [0.5, 0.6) is 0 Å². The zero-order valence-corrected chi connectivity index (χ0v) is 17.1. The average molecular weight is 447 g/mol. The molecular weight excluding hydrogens is 431 g/mol. The molecule has 0 spiro atoms. The van der Waals surface area contributed by atoms with Crippen molar-refractivity contribution in [2.24, 2.45) is 5.14 Å². The largest absolute Gasteiger partial charge is 0.279 e. The summed E-state index contributed by atoms with van der Waals surface area (Å²) in [6.45, 7) is 0. The first-order valence-electron chi connectivity index (χ1n) is 7.90. The van der Waals surface area contributed by atoms with Crippen molar-refractivity contribution >= 4 is 55.0 Å². The Morgan fingerprint density at radius 2 is 1.63 bits per heavy atom. The lowest BCUT2D eigenvalue weighted by Crippen LogP contribution is -2.18. The van der Waals surface area contributed by atoms with Gasteiger partial charge in [-0.05, 0) is 66.3 Å². The van der Waals surface area contributed by atoms with E-state index in [-0.39, 0.29) is 10.6 Å². The molecule has 0 atom stereocenters. The molecule has 2 aromatic rings. The van der Waals surface area contributed by atoms with Gasteiger partial charge in [0.05, 0.1) is 21.1 Å². The second-order valence-corrected chi connectivity index (χ2v) is 10.0. The summed E-state index contributed by atoms with van der Waals surface area (Å²) in [4.78, 5) is -0.241. The van der Waals surface area contributed by atoms with Gasteiger partial charge in [-0.3, -0.25) is 4.72 Å². The summed E-state index contributed by atoms with van der Waals surface area (Å²) in [5.74, 6) is 0. The van der Waals surface area contributed by atoms with E-state index in [1.807, 2.05) is 0 Å². The molecule has 1 aliphatic carbocycles. The van der Waals surface area contributed by atoms with E-state index in [1.165, 1.54) is 24.3 Å². The number of benzene rings is 2. The zero-order chi connectivity index (χ0) is 19.8. The van der Waals surface area contributed by atoms with E-state index >= 15 is 0 Å². The third kappa shape index (κ3) is 4.83. The monoisotopic (exact) mass is 446 g/mol. The van der Waals surface area contributed by atoms with Crippen LogP contribution in [-0.4, -0.2) is 16.8 Å². The molecule has 0 saturated heterocycles. The van der Waals surface area contributed by atoms with Crippen molar-refractivity contribution in [3.8, 4) is 0 Å². The van der Waals surface area contributed by atoms with E-state index in [0.717, 1.165) is 35.8 Å². The molecular formula is C17H16Cl2N2O4S2. The third-order valence-electron chi connectivity index (χ3n) is 4.14. The summed E-state index contributed by atoms with van der Waals surface area (Å²) in [5, 5.41) is 6.83. The van der Waals surface area contributed by atoms with E-state index < -0.39 is 20.0 Å². The highest BCUT2D eigenvalue weighted by Crippen LogP contribution is 2.31. The van der Waals surface area contributed by atoms with Crippen LogP contribution < -0.4 is 9.86 Å². The van der Waals surface area contributed by atoms with E-state index in [1.54, 1.807) is 12.1 Å². The number of sulfonamides is 2. The fraction of sp³-hybridized carbons (Fsp3) is 0.176. The second-order valence-electron chi connectivity index (χ2n) is 6.14. The first-order chi connectivity index (χ1) is 12.5. The van der Waals surface area contributed by atoms with Gasteiger partial charge in [-0.15, -0.1) is 0 Å². The van der Waals surface area contributed by atoms with Crippen molar-refractivity contribution in [2.45, 2.75) is 24.2 Å². The third-order valence-corrected chi connectivity index (χ3v) is 6.82. The highest BCUT2D eigenvalue weighted by atomic mass is 35.5. The number of aryl methyl sites for hydroxylation is 2. The van der Waals surface area contributed by atoms with Crippen LogP contribution in [0.1, 0.15) is 23.1 Å². The van der Waals surface area contributed by atoms with Crippen LogP contribution in [0.4, 0.5) is 5.69 Å². The number of nitrogens with two attached hydrogens (primary N) is 1. The minimum atomic E-state index is -4.09. The number of rotatable bonds is 5. The summed E-state index contributed by atoms with van der Waals surface area (Å²) in [7, 11) is -8.07. The molecule has 3 rings (SSSR count). The molecule has 0 bridgehead atoms. The number of primary sulfonamides is 1. The van der Waals surface area contributed by atoms with E-state index in [2.05, 4.69) is 4.72 Å². The summed E-state index contributed by atoms with van der Waals surface area (Å²) >= 11 is 11.7. The number of anilines is 1. The average Bonchev–Trinajstić information content (AvgIpc) is 3.01.